The highest BCUT2D eigenvalue weighted by molar-refractivity contribution is 6.37. The Morgan fingerprint density at radius 3 is 2.68 bits per heavy atom. The van der Waals surface area contributed by atoms with Crippen LogP contribution in [0.5, 0.6) is 0 Å². The summed E-state index contributed by atoms with van der Waals surface area (Å²) in [6.07, 6.45) is 2.50. The summed E-state index contributed by atoms with van der Waals surface area (Å²) in [6.45, 7) is 1.11. The van der Waals surface area contributed by atoms with Gasteiger partial charge in [0.1, 0.15) is 17.6 Å². The molecule has 0 unspecified atom stereocenters. The van der Waals surface area contributed by atoms with Crippen LogP contribution in [0.1, 0.15) is 41.9 Å². The molecule has 0 aliphatic carbocycles. The van der Waals surface area contributed by atoms with E-state index in [2.05, 4.69) is 20.1 Å². The molecule has 1 aromatic carbocycles. The molecule has 1 aliphatic rings. The zero-order valence-corrected chi connectivity index (χ0v) is 20.3. The van der Waals surface area contributed by atoms with Crippen LogP contribution in [0.15, 0.2) is 52.6 Å². The van der Waals surface area contributed by atoms with E-state index in [9.17, 15) is 14.3 Å². The summed E-state index contributed by atoms with van der Waals surface area (Å²) >= 11 is 0. The Labute approximate surface area is 217 Å². The summed E-state index contributed by atoms with van der Waals surface area (Å²) in [5, 5.41) is 22.3. The van der Waals surface area contributed by atoms with Crippen LogP contribution in [0.25, 0.3) is 11.3 Å². The van der Waals surface area contributed by atoms with Crippen molar-refractivity contribution >= 4 is 23.8 Å². The van der Waals surface area contributed by atoms with Gasteiger partial charge in [-0.3, -0.25) is 14.8 Å². The van der Waals surface area contributed by atoms with Crippen molar-refractivity contribution in [2.24, 2.45) is 15.9 Å². The van der Waals surface area contributed by atoms with Crippen molar-refractivity contribution in [3.8, 4) is 17.3 Å². The Morgan fingerprint density at radius 2 is 1.97 bits per heavy atom. The summed E-state index contributed by atoms with van der Waals surface area (Å²) in [6, 6.07) is 13.1. The molecule has 0 bridgehead atoms. The van der Waals surface area contributed by atoms with E-state index in [1.54, 1.807) is 12.1 Å². The molecule has 2 aromatic heterocycles. The highest BCUT2D eigenvalue weighted by Gasteiger charge is 2.38. The van der Waals surface area contributed by atoms with Crippen molar-refractivity contribution < 1.29 is 19.0 Å². The van der Waals surface area contributed by atoms with Crippen LogP contribution in [0.2, 0.25) is 0 Å². The van der Waals surface area contributed by atoms with E-state index >= 15 is 0 Å². The van der Waals surface area contributed by atoms with Crippen molar-refractivity contribution in [1.29, 1.82) is 5.26 Å². The number of carbonyl (C=O) groups is 1. The molecule has 11 nitrogen and oxygen atoms in total. The van der Waals surface area contributed by atoms with Gasteiger partial charge in [-0.15, -0.1) is 0 Å². The summed E-state index contributed by atoms with van der Waals surface area (Å²) < 4.78 is 20.2. The number of aromatic nitrogens is 3. The Kier molecular flexibility index (Phi) is 7.98. The number of aliphatic carboxylic acids is 1. The van der Waals surface area contributed by atoms with Gasteiger partial charge in [-0.1, -0.05) is 12.1 Å². The third-order valence-electron chi connectivity index (χ3n) is 6.30. The number of anilines is 1. The SMILES string of the molecule is N#Cc1cccc(-c2cc(C(C=NCc3cccc(C4(CC(=O)O)CCOCC4)n3)=NN)nc(N)n2)c1F. The van der Waals surface area contributed by atoms with Crippen molar-refractivity contribution in [2.75, 3.05) is 18.9 Å². The molecular weight excluding hydrogens is 491 g/mol. The molecule has 0 atom stereocenters. The maximum absolute atomic E-state index is 14.7. The lowest BCUT2D eigenvalue weighted by Crippen LogP contribution is -2.37. The first kappa shape index (κ1) is 26.3. The minimum atomic E-state index is -0.886. The molecule has 0 amide bonds. The number of pyridine rings is 1. The third kappa shape index (κ3) is 5.79. The van der Waals surface area contributed by atoms with Gasteiger partial charge in [0.25, 0.3) is 0 Å². The van der Waals surface area contributed by atoms with Crippen molar-refractivity contribution in [2.45, 2.75) is 31.2 Å². The Bertz CT molecular complexity index is 1440. The van der Waals surface area contributed by atoms with Crippen LogP contribution in [-0.2, 0) is 21.5 Å². The second-order valence-corrected chi connectivity index (χ2v) is 8.74. The van der Waals surface area contributed by atoms with Gasteiger partial charge in [-0.25, -0.2) is 14.4 Å². The highest BCUT2D eigenvalue weighted by Crippen LogP contribution is 2.37. The lowest BCUT2D eigenvalue weighted by molar-refractivity contribution is -0.139. The number of nitriles is 1. The summed E-state index contributed by atoms with van der Waals surface area (Å²) in [4.78, 5) is 28.9. The minimum absolute atomic E-state index is 0.0323. The second-order valence-electron chi connectivity index (χ2n) is 8.74. The third-order valence-corrected chi connectivity index (χ3v) is 6.30. The normalized spacial score (nSPS) is 15.3. The van der Waals surface area contributed by atoms with E-state index in [0.717, 1.165) is 0 Å². The van der Waals surface area contributed by atoms with Gasteiger partial charge < -0.3 is 21.4 Å². The lowest BCUT2D eigenvalue weighted by Gasteiger charge is -2.35. The number of nitrogens with two attached hydrogens (primary N) is 2. The summed E-state index contributed by atoms with van der Waals surface area (Å²) in [5.41, 5.74) is 7.07. The fourth-order valence-electron chi connectivity index (χ4n) is 4.38. The predicted octanol–water partition coefficient (Wildman–Crippen LogP) is 2.59. The number of benzene rings is 1. The zero-order valence-electron chi connectivity index (χ0n) is 20.3. The lowest BCUT2D eigenvalue weighted by atomic mass is 9.74. The van der Waals surface area contributed by atoms with Crippen LogP contribution in [0.3, 0.4) is 0 Å². The second kappa shape index (κ2) is 11.5. The molecule has 3 heterocycles. The van der Waals surface area contributed by atoms with Crippen LogP contribution in [-0.4, -0.2) is 51.2 Å². The maximum atomic E-state index is 14.7. The van der Waals surface area contributed by atoms with Crippen molar-refractivity contribution in [1.82, 2.24) is 15.0 Å². The quantitative estimate of drug-likeness (QED) is 0.230. The van der Waals surface area contributed by atoms with Gasteiger partial charge >= 0.3 is 5.97 Å². The van der Waals surface area contributed by atoms with Gasteiger partial charge in [-0.2, -0.15) is 10.4 Å². The van der Waals surface area contributed by atoms with E-state index in [0.29, 0.717) is 37.4 Å². The number of nitrogen functional groups attached to an aromatic ring is 1. The first-order chi connectivity index (χ1) is 18.3. The summed E-state index contributed by atoms with van der Waals surface area (Å²) in [5.74, 6) is 3.83. The van der Waals surface area contributed by atoms with Gasteiger partial charge in [-0.05, 0) is 43.2 Å². The van der Waals surface area contributed by atoms with Crippen LogP contribution in [0, 0.1) is 17.1 Å². The number of hydrazone groups is 1. The predicted molar refractivity (Wildman–Crippen MR) is 138 cm³/mol. The number of carboxylic acids is 1. The van der Waals surface area contributed by atoms with Crippen LogP contribution >= 0.6 is 0 Å². The molecule has 12 heteroatoms. The number of nitrogens with zero attached hydrogens (tertiary/aromatic N) is 6. The number of ether oxygens (including phenoxy) is 1. The molecule has 4 rings (SSSR count). The summed E-state index contributed by atoms with van der Waals surface area (Å²) in [7, 11) is 0. The Morgan fingerprint density at radius 1 is 1.21 bits per heavy atom. The minimum Gasteiger partial charge on any atom is -0.481 e. The highest BCUT2D eigenvalue weighted by atomic mass is 19.1. The van der Waals surface area contributed by atoms with E-state index < -0.39 is 17.2 Å². The number of hydrogen-bond acceptors (Lipinski definition) is 10. The monoisotopic (exact) mass is 516 g/mol. The Hall–Kier alpha value is -4.76. The maximum Gasteiger partial charge on any atom is 0.304 e. The molecular formula is C26H25FN8O3. The van der Waals surface area contributed by atoms with Crippen LogP contribution < -0.4 is 11.6 Å². The fraction of sp³-hybridized carbons (Fsp3) is 0.269. The average molecular weight is 517 g/mol. The molecule has 194 valence electrons. The molecule has 0 radical (unpaired) electrons. The first-order valence-electron chi connectivity index (χ1n) is 11.7. The zero-order chi connectivity index (χ0) is 27.1. The van der Waals surface area contributed by atoms with E-state index in [1.807, 2.05) is 12.1 Å². The van der Waals surface area contributed by atoms with Crippen LogP contribution in [0.4, 0.5) is 10.3 Å². The molecule has 3 aromatic rings. The number of halogens is 1. The Balaban J connectivity index is 1.57. The topological polar surface area (TPSA) is 186 Å². The average Bonchev–Trinajstić information content (AvgIpc) is 2.91. The van der Waals surface area contributed by atoms with Gasteiger partial charge in [0, 0.05) is 29.9 Å². The molecule has 1 fully saturated rings. The van der Waals surface area contributed by atoms with Gasteiger partial charge in [0.15, 0.2) is 0 Å². The van der Waals surface area contributed by atoms with Gasteiger partial charge in [0.05, 0.1) is 41.8 Å². The molecule has 5 N–H and O–H groups in total. The smallest absolute Gasteiger partial charge is 0.304 e. The fourth-order valence-corrected chi connectivity index (χ4v) is 4.38. The molecule has 0 spiro atoms. The van der Waals surface area contributed by atoms with E-state index in [1.165, 1.54) is 30.5 Å². The molecule has 1 aliphatic heterocycles. The number of aliphatic imine (C=N–C) groups is 1. The molecule has 1 saturated heterocycles. The standard InChI is InChI=1S/C26H25FN8O3/c27-24-16(13-28)3-1-5-18(24)19-11-20(34-25(29)33-19)21(35-30)15-31-14-17-4-2-6-22(32-17)26(12-23(36)37)7-9-38-10-8-26/h1-6,11,15H,7-10,12,14,30H2,(H,36,37)(H2,29,33,34). The van der Waals surface area contributed by atoms with E-state index in [-0.39, 0.29) is 47.1 Å². The van der Waals surface area contributed by atoms with E-state index in [4.69, 9.17) is 26.6 Å². The van der Waals surface area contributed by atoms with Gasteiger partial charge in [0.2, 0.25) is 5.95 Å². The first-order valence-corrected chi connectivity index (χ1v) is 11.7. The molecule has 0 saturated carbocycles. The van der Waals surface area contributed by atoms with Crippen molar-refractivity contribution in [3.05, 3.63) is 70.9 Å². The number of hydrogen-bond donors (Lipinski definition) is 3. The number of rotatable bonds is 8. The number of carboxylic acid groups (broad SMARTS) is 1. The molecule has 38 heavy (non-hydrogen) atoms. The van der Waals surface area contributed by atoms with Crippen molar-refractivity contribution in [3.63, 3.8) is 0 Å². The largest absolute Gasteiger partial charge is 0.481 e.